The summed E-state index contributed by atoms with van der Waals surface area (Å²) in [5, 5.41) is 0. The van der Waals surface area contributed by atoms with Crippen LogP contribution in [0.4, 0.5) is 0 Å². The van der Waals surface area contributed by atoms with Crippen LogP contribution in [0.25, 0.3) is 0 Å². The fourth-order valence-corrected chi connectivity index (χ4v) is 2.80. The molecule has 1 saturated heterocycles. The second-order valence-electron chi connectivity index (χ2n) is 4.75. The maximum Gasteiger partial charge on any atom is 0.254 e. The van der Waals surface area contributed by atoms with Gasteiger partial charge in [0.15, 0.2) is 9.84 Å². The van der Waals surface area contributed by atoms with E-state index in [9.17, 15) is 13.2 Å². The topological polar surface area (TPSA) is 54.5 Å². The molecule has 0 saturated carbocycles. The molecule has 0 aliphatic carbocycles. The molecule has 1 aliphatic rings. The van der Waals surface area contributed by atoms with E-state index >= 15 is 0 Å². The summed E-state index contributed by atoms with van der Waals surface area (Å²) in [4.78, 5) is 14.3. The standard InChI is InChI=1S/C13H17NO3S/c1-10-5-6-11(18(2,16)17)9-12(10)13(15)14-7-3-4-8-14/h5-6,9H,3-4,7-8H2,1-2H3. The van der Waals surface area contributed by atoms with Crippen LogP contribution in [0.3, 0.4) is 0 Å². The van der Waals surface area contributed by atoms with Gasteiger partial charge < -0.3 is 4.90 Å². The van der Waals surface area contributed by atoms with Crippen molar-refractivity contribution in [2.75, 3.05) is 19.3 Å². The number of likely N-dealkylation sites (tertiary alicyclic amines) is 1. The molecule has 2 rings (SSSR count). The van der Waals surface area contributed by atoms with Crippen molar-refractivity contribution in [2.45, 2.75) is 24.7 Å². The third-order valence-corrected chi connectivity index (χ3v) is 4.37. The van der Waals surface area contributed by atoms with E-state index in [-0.39, 0.29) is 10.8 Å². The number of sulfone groups is 1. The number of aryl methyl sites for hydroxylation is 1. The monoisotopic (exact) mass is 267 g/mol. The van der Waals surface area contributed by atoms with Crippen molar-refractivity contribution in [3.63, 3.8) is 0 Å². The van der Waals surface area contributed by atoms with Gasteiger partial charge in [-0.1, -0.05) is 6.07 Å². The Balaban J connectivity index is 2.40. The molecular weight excluding hydrogens is 250 g/mol. The molecule has 0 atom stereocenters. The Morgan fingerprint density at radius 3 is 2.39 bits per heavy atom. The number of rotatable bonds is 2. The molecule has 1 aliphatic heterocycles. The Labute approximate surface area is 108 Å². The highest BCUT2D eigenvalue weighted by atomic mass is 32.2. The fourth-order valence-electron chi connectivity index (χ4n) is 2.15. The molecule has 5 heteroatoms. The first kappa shape index (κ1) is 13.1. The summed E-state index contributed by atoms with van der Waals surface area (Å²) in [6.45, 7) is 3.36. The molecule has 1 aromatic carbocycles. The molecule has 4 nitrogen and oxygen atoms in total. The molecule has 98 valence electrons. The maximum atomic E-state index is 12.3. The van der Waals surface area contributed by atoms with Crippen molar-refractivity contribution < 1.29 is 13.2 Å². The Hall–Kier alpha value is -1.36. The fraction of sp³-hybridized carbons (Fsp3) is 0.462. The molecule has 0 spiro atoms. The SMILES string of the molecule is Cc1ccc(S(C)(=O)=O)cc1C(=O)N1CCCC1. The van der Waals surface area contributed by atoms with E-state index in [0.29, 0.717) is 5.56 Å². The number of amides is 1. The predicted molar refractivity (Wildman–Crippen MR) is 69.4 cm³/mol. The highest BCUT2D eigenvalue weighted by Gasteiger charge is 2.22. The molecule has 0 N–H and O–H groups in total. The third-order valence-electron chi connectivity index (χ3n) is 3.26. The normalized spacial score (nSPS) is 16.0. The van der Waals surface area contributed by atoms with Crippen LogP contribution in [0.5, 0.6) is 0 Å². The van der Waals surface area contributed by atoms with Crippen molar-refractivity contribution in [1.82, 2.24) is 4.90 Å². The van der Waals surface area contributed by atoms with Gasteiger partial charge in [-0.05, 0) is 37.5 Å². The largest absolute Gasteiger partial charge is 0.339 e. The number of hydrogen-bond donors (Lipinski definition) is 0. The van der Waals surface area contributed by atoms with Gasteiger partial charge in [0.05, 0.1) is 4.90 Å². The summed E-state index contributed by atoms with van der Waals surface area (Å²) in [6, 6.07) is 4.73. The first-order valence-corrected chi connectivity index (χ1v) is 7.89. The van der Waals surface area contributed by atoms with Gasteiger partial charge in [-0.15, -0.1) is 0 Å². The zero-order valence-corrected chi connectivity index (χ0v) is 11.5. The van der Waals surface area contributed by atoms with Crippen LogP contribution in [0, 0.1) is 6.92 Å². The zero-order chi connectivity index (χ0) is 13.3. The molecule has 1 fully saturated rings. The van der Waals surface area contributed by atoms with Crippen LogP contribution in [0.1, 0.15) is 28.8 Å². The molecule has 0 aromatic heterocycles. The minimum absolute atomic E-state index is 0.0597. The quantitative estimate of drug-likeness (QED) is 0.818. The van der Waals surface area contributed by atoms with Gasteiger partial charge >= 0.3 is 0 Å². The van der Waals surface area contributed by atoms with Gasteiger partial charge in [0, 0.05) is 24.9 Å². The molecule has 1 amide bonds. The summed E-state index contributed by atoms with van der Waals surface area (Å²) in [5.41, 5.74) is 1.32. The minimum Gasteiger partial charge on any atom is -0.339 e. The van der Waals surface area contributed by atoms with Crippen LogP contribution in [0.15, 0.2) is 23.1 Å². The average Bonchev–Trinajstić information content (AvgIpc) is 2.80. The van der Waals surface area contributed by atoms with Gasteiger partial charge in [-0.2, -0.15) is 0 Å². The first-order valence-electron chi connectivity index (χ1n) is 5.99. The predicted octanol–water partition coefficient (Wildman–Crippen LogP) is 1.63. The van der Waals surface area contributed by atoms with Crippen LogP contribution in [-0.4, -0.2) is 38.6 Å². The van der Waals surface area contributed by atoms with Crippen LogP contribution in [0.2, 0.25) is 0 Å². The average molecular weight is 267 g/mol. The number of hydrogen-bond acceptors (Lipinski definition) is 3. The molecule has 1 aromatic rings. The van der Waals surface area contributed by atoms with Crippen molar-refractivity contribution in [3.05, 3.63) is 29.3 Å². The summed E-state index contributed by atoms with van der Waals surface area (Å²) in [5.74, 6) is -0.0597. The summed E-state index contributed by atoms with van der Waals surface area (Å²) in [7, 11) is -3.27. The minimum atomic E-state index is -3.27. The maximum absolute atomic E-state index is 12.3. The van der Waals surface area contributed by atoms with Gasteiger partial charge in [-0.3, -0.25) is 4.79 Å². The number of nitrogens with zero attached hydrogens (tertiary/aromatic N) is 1. The van der Waals surface area contributed by atoms with E-state index in [1.165, 1.54) is 6.07 Å². The lowest BCUT2D eigenvalue weighted by Gasteiger charge is -2.17. The summed E-state index contributed by atoms with van der Waals surface area (Å²) in [6.07, 6.45) is 3.20. The van der Waals surface area contributed by atoms with E-state index < -0.39 is 9.84 Å². The molecule has 0 radical (unpaired) electrons. The van der Waals surface area contributed by atoms with Gasteiger partial charge in [0.1, 0.15) is 0 Å². The van der Waals surface area contributed by atoms with Gasteiger partial charge in [0.2, 0.25) is 0 Å². The van der Waals surface area contributed by atoms with Crippen molar-refractivity contribution in [2.24, 2.45) is 0 Å². The Bertz CT molecular complexity index is 572. The summed E-state index contributed by atoms with van der Waals surface area (Å²) >= 11 is 0. The van der Waals surface area contributed by atoms with E-state index in [2.05, 4.69) is 0 Å². The van der Waals surface area contributed by atoms with Crippen LogP contribution >= 0.6 is 0 Å². The third kappa shape index (κ3) is 2.56. The van der Waals surface area contributed by atoms with E-state index in [1.807, 2.05) is 6.92 Å². The smallest absolute Gasteiger partial charge is 0.254 e. The van der Waals surface area contributed by atoms with E-state index in [1.54, 1.807) is 17.0 Å². The molecule has 18 heavy (non-hydrogen) atoms. The summed E-state index contributed by atoms with van der Waals surface area (Å²) < 4.78 is 23.0. The number of carbonyl (C=O) groups is 1. The number of carbonyl (C=O) groups excluding carboxylic acids is 1. The lowest BCUT2D eigenvalue weighted by molar-refractivity contribution is 0.0792. The van der Waals surface area contributed by atoms with Crippen LogP contribution in [-0.2, 0) is 9.84 Å². The second kappa shape index (κ2) is 4.72. The van der Waals surface area contributed by atoms with Crippen molar-refractivity contribution in [1.29, 1.82) is 0 Å². The lowest BCUT2D eigenvalue weighted by atomic mass is 10.1. The molecule has 1 heterocycles. The van der Waals surface area contributed by atoms with Crippen molar-refractivity contribution >= 4 is 15.7 Å². The van der Waals surface area contributed by atoms with Crippen LogP contribution < -0.4 is 0 Å². The highest BCUT2D eigenvalue weighted by molar-refractivity contribution is 7.90. The van der Waals surface area contributed by atoms with E-state index in [4.69, 9.17) is 0 Å². The lowest BCUT2D eigenvalue weighted by Crippen LogP contribution is -2.28. The Morgan fingerprint density at radius 2 is 1.83 bits per heavy atom. The molecular formula is C13H17NO3S. The number of benzene rings is 1. The Morgan fingerprint density at radius 1 is 1.22 bits per heavy atom. The highest BCUT2D eigenvalue weighted by Crippen LogP contribution is 2.19. The van der Waals surface area contributed by atoms with E-state index in [0.717, 1.165) is 37.8 Å². The van der Waals surface area contributed by atoms with Gasteiger partial charge in [0.25, 0.3) is 5.91 Å². The molecule has 0 unspecified atom stereocenters. The van der Waals surface area contributed by atoms with Gasteiger partial charge in [-0.25, -0.2) is 8.42 Å². The Kier molecular flexibility index (Phi) is 3.43. The second-order valence-corrected chi connectivity index (χ2v) is 6.76. The zero-order valence-electron chi connectivity index (χ0n) is 10.6. The first-order chi connectivity index (χ1) is 8.39. The van der Waals surface area contributed by atoms with Crippen molar-refractivity contribution in [3.8, 4) is 0 Å². The molecule has 0 bridgehead atoms.